The Labute approximate surface area is 199 Å². The summed E-state index contributed by atoms with van der Waals surface area (Å²) in [7, 11) is 0. The molecular formula is C25H25BrN4O3. The molecule has 0 spiro atoms. The van der Waals surface area contributed by atoms with Crippen molar-refractivity contribution in [3.05, 3.63) is 74.9 Å². The molecule has 0 aliphatic rings. The zero-order valence-electron chi connectivity index (χ0n) is 18.8. The Morgan fingerprint density at radius 2 is 2.00 bits per heavy atom. The van der Waals surface area contributed by atoms with Crippen molar-refractivity contribution in [2.75, 3.05) is 6.61 Å². The fourth-order valence-electron chi connectivity index (χ4n) is 3.75. The number of fused-ring (bicyclic) bond motifs is 2. The molecule has 2 aromatic carbocycles. The highest BCUT2D eigenvalue weighted by Gasteiger charge is 2.16. The first-order valence-corrected chi connectivity index (χ1v) is 11.7. The van der Waals surface area contributed by atoms with E-state index in [1.165, 1.54) is 4.68 Å². The average molecular weight is 509 g/mol. The van der Waals surface area contributed by atoms with E-state index in [1.54, 1.807) is 19.2 Å². The van der Waals surface area contributed by atoms with Gasteiger partial charge in [-0.15, -0.1) is 0 Å². The van der Waals surface area contributed by atoms with E-state index in [4.69, 9.17) is 9.72 Å². The number of para-hydroxylation sites is 1. The third kappa shape index (κ3) is 4.61. The number of nitrogens with zero attached hydrogens (tertiary/aromatic N) is 4. The second kappa shape index (κ2) is 9.70. The van der Waals surface area contributed by atoms with Crippen LogP contribution < -0.4 is 5.56 Å². The molecule has 0 saturated heterocycles. The van der Waals surface area contributed by atoms with Gasteiger partial charge in [-0.05, 0) is 37.6 Å². The van der Waals surface area contributed by atoms with Crippen molar-refractivity contribution in [3.63, 3.8) is 0 Å². The minimum absolute atomic E-state index is 0.0491. The maximum atomic E-state index is 13.4. The normalized spacial score (nSPS) is 12.6. The molecule has 0 fully saturated rings. The first kappa shape index (κ1) is 22.9. The van der Waals surface area contributed by atoms with E-state index in [-0.39, 0.29) is 24.0 Å². The van der Waals surface area contributed by atoms with Gasteiger partial charge in [-0.3, -0.25) is 9.59 Å². The molecule has 0 N–H and O–H groups in total. The van der Waals surface area contributed by atoms with Crippen molar-refractivity contribution >= 4 is 49.9 Å². The van der Waals surface area contributed by atoms with Crippen LogP contribution in [0.2, 0.25) is 0 Å². The SMILES string of the molecule is CCOC(=O)Cn1cc(C=Nn2c([C@@H](C)CC)nc3ccc(Br)cc3c2=O)c2ccccc21. The summed E-state index contributed by atoms with van der Waals surface area (Å²) in [6.45, 7) is 6.31. The molecule has 0 aliphatic carbocycles. The van der Waals surface area contributed by atoms with Crippen LogP contribution in [-0.2, 0) is 16.1 Å². The van der Waals surface area contributed by atoms with E-state index in [2.05, 4.69) is 28.0 Å². The number of ether oxygens (including phenoxy) is 1. The summed E-state index contributed by atoms with van der Waals surface area (Å²) < 4.78 is 9.14. The quantitative estimate of drug-likeness (QED) is 0.257. The molecule has 2 aromatic heterocycles. The van der Waals surface area contributed by atoms with Crippen LogP contribution in [0.25, 0.3) is 21.8 Å². The molecule has 0 bridgehead atoms. The summed E-state index contributed by atoms with van der Waals surface area (Å²) >= 11 is 3.43. The summed E-state index contributed by atoms with van der Waals surface area (Å²) in [4.78, 5) is 30.2. The summed E-state index contributed by atoms with van der Waals surface area (Å²) in [6, 6.07) is 13.2. The molecule has 1 atom stereocenters. The third-order valence-electron chi connectivity index (χ3n) is 5.62. The van der Waals surface area contributed by atoms with Crippen LogP contribution in [0, 0.1) is 0 Å². The lowest BCUT2D eigenvalue weighted by atomic mass is 10.1. The molecule has 170 valence electrons. The number of hydrogen-bond acceptors (Lipinski definition) is 5. The predicted molar refractivity (Wildman–Crippen MR) is 134 cm³/mol. The van der Waals surface area contributed by atoms with Gasteiger partial charge in [0.15, 0.2) is 0 Å². The minimum Gasteiger partial charge on any atom is -0.465 e. The fraction of sp³-hybridized carbons (Fsp3) is 0.280. The predicted octanol–water partition coefficient (Wildman–Crippen LogP) is 5.07. The van der Waals surface area contributed by atoms with Gasteiger partial charge in [-0.25, -0.2) is 4.98 Å². The van der Waals surface area contributed by atoms with Crippen LogP contribution in [0.1, 0.15) is 44.5 Å². The van der Waals surface area contributed by atoms with Crippen molar-refractivity contribution < 1.29 is 9.53 Å². The molecular weight excluding hydrogens is 484 g/mol. The first-order valence-electron chi connectivity index (χ1n) is 10.9. The molecule has 33 heavy (non-hydrogen) atoms. The molecule has 2 heterocycles. The van der Waals surface area contributed by atoms with Gasteiger partial charge in [-0.1, -0.05) is 48.0 Å². The summed E-state index contributed by atoms with van der Waals surface area (Å²) in [5.41, 5.74) is 2.12. The van der Waals surface area contributed by atoms with Crippen molar-refractivity contribution in [1.82, 2.24) is 14.2 Å². The lowest BCUT2D eigenvalue weighted by Gasteiger charge is -2.13. The number of hydrogen-bond donors (Lipinski definition) is 0. The average Bonchev–Trinajstić information content (AvgIpc) is 3.15. The summed E-state index contributed by atoms with van der Waals surface area (Å²) in [5, 5.41) is 6.00. The van der Waals surface area contributed by atoms with Gasteiger partial charge in [0.1, 0.15) is 12.4 Å². The summed E-state index contributed by atoms with van der Waals surface area (Å²) in [5.74, 6) is 0.359. The van der Waals surface area contributed by atoms with Crippen LogP contribution >= 0.6 is 15.9 Å². The maximum Gasteiger partial charge on any atom is 0.325 e. The highest BCUT2D eigenvalue weighted by Crippen LogP contribution is 2.22. The van der Waals surface area contributed by atoms with E-state index in [1.807, 2.05) is 54.1 Å². The Morgan fingerprint density at radius 3 is 2.76 bits per heavy atom. The van der Waals surface area contributed by atoms with Gasteiger partial charge in [0.2, 0.25) is 0 Å². The highest BCUT2D eigenvalue weighted by atomic mass is 79.9. The van der Waals surface area contributed by atoms with Gasteiger partial charge >= 0.3 is 5.97 Å². The molecule has 0 unspecified atom stereocenters. The number of rotatable bonds is 7. The van der Waals surface area contributed by atoms with Gasteiger partial charge in [0.05, 0.1) is 23.7 Å². The Bertz CT molecular complexity index is 1420. The Hall–Kier alpha value is -3.26. The van der Waals surface area contributed by atoms with Crippen molar-refractivity contribution in [1.29, 1.82) is 0 Å². The molecule has 0 radical (unpaired) electrons. The van der Waals surface area contributed by atoms with E-state index in [0.29, 0.717) is 23.3 Å². The second-order valence-corrected chi connectivity index (χ2v) is 8.75. The van der Waals surface area contributed by atoms with Gasteiger partial charge < -0.3 is 9.30 Å². The van der Waals surface area contributed by atoms with Crippen LogP contribution in [0.4, 0.5) is 0 Å². The number of aromatic nitrogens is 3. The number of esters is 1. The smallest absolute Gasteiger partial charge is 0.325 e. The molecule has 7 nitrogen and oxygen atoms in total. The van der Waals surface area contributed by atoms with Crippen LogP contribution in [0.5, 0.6) is 0 Å². The van der Waals surface area contributed by atoms with Crippen LogP contribution in [0.3, 0.4) is 0 Å². The van der Waals surface area contributed by atoms with E-state index >= 15 is 0 Å². The Morgan fingerprint density at radius 1 is 1.21 bits per heavy atom. The molecule has 8 heteroatoms. The zero-order chi connectivity index (χ0) is 23.5. The highest BCUT2D eigenvalue weighted by molar-refractivity contribution is 9.10. The topological polar surface area (TPSA) is 78.5 Å². The molecule has 0 aliphatic heterocycles. The van der Waals surface area contributed by atoms with Crippen LogP contribution in [-0.4, -0.2) is 33.0 Å². The van der Waals surface area contributed by atoms with Crippen molar-refractivity contribution in [2.45, 2.75) is 39.7 Å². The number of carbonyl (C=O) groups is 1. The van der Waals surface area contributed by atoms with E-state index in [9.17, 15) is 9.59 Å². The lowest BCUT2D eigenvalue weighted by Crippen LogP contribution is -2.23. The molecule has 4 aromatic rings. The second-order valence-electron chi connectivity index (χ2n) is 7.84. The Balaban J connectivity index is 1.84. The summed E-state index contributed by atoms with van der Waals surface area (Å²) in [6.07, 6.45) is 4.33. The number of benzene rings is 2. The number of halogens is 1. The van der Waals surface area contributed by atoms with E-state index in [0.717, 1.165) is 27.4 Å². The Kier molecular flexibility index (Phi) is 6.74. The van der Waals surface area contributed by atoms with Gasteiger partial charge in [0.25, 0.3) is 5.56 Å². The van der Waals surface area contributed by atoms with E-state index < -0.39 is 0 Å². The van der Waals surface area contributed by atoms with Gasteiger partial charge in [0, 0.05) is 33.1 Å². The monoisotopic (exact) mass is 508 g/mol. The zero-order valence-corrected chi connectivity index (χ0v) is 20.4. The van der Waals surface area contributed by atoms with Crippen LogP contribution in [0.15, 0.2) is 63.0 Å². The third-order valence-corrected chi connectivity index (χ3v) is 6.12. The first-order chi connectivity index (χ1) is 15.9. The fourth-order valence-corrected chi connectivity index (χ4v) is 4.11. The minimum atomic E-state index is -0.304. The molecule has 0 amide bonds. The molecule has 0 saturated carbocycles. The molecule has 4 rings (SSSR count). The van der Waals surface area contributed by atoms with Gasteiger partial charge in [-0.2, -0.15) is 9.78 Å². The largest absolute Gasteiger partial charge is 0.465 e. The van der Waals surface area contributed by atoms with Crippen molar-refractivity contribution in [3.8, 4) is 0 Å². The van der Waals surface area contributed by atoms with Crippen molar-refractivity contribution in [2.24, 2.45) is 5.10 Å². The maximum absolute atomic E-state index is 13.4. The standard InChI is InChI=1S/C25H25BrN4O3/c1-4-16(3)24-28-21-11-10-18(26)12-20(21)25(32)30(24)27-13-17-14-29(15-23(31)33-5-2)22-9-7-6-8-19(17)22/h6-14,16H,4-5,15H2,1-3H3/t16-/m0/s1. The lowest BCUT2D eigenvalue weighted by molar-refractivity contribution is -0.143. The number of carbonyl (C=O) groups excluding carboxylic acids is 1.